The number of hydrogen-bond donors (Lipinski definition) is 2. The Kier molecular flexibility index (Phi) is 5.43. The monoisotopic (exact) mass is 412 g/mol. The molecule has 21 heavy (non-hydrogen) atoms. The molecule has 2 aromatic carbocycles. The lowest BCUT2D eigenvalue weighted by atomic mass is 9.94. The van der Waals surface area contributed by atoms with Crippen molar-refractivity contribution in [2.45, 2.75) is 19.9 Å². The van der Waals surface area contributed by atoms with Crippen LogP contribution in [0.1, 0.15) is 28.3 Å². The number of benzene rings is 2. The number of ether oxygens (including phenoxy) is 1. The standard InChI is InChI=1S/C16H18Br2N2O/c1-9-4-6-12(16(21-3)10(9)2)15(20-19)13-8-11(17)5-7-14(13)18/h4-8,15,20H,19H2,1-3H3. The lowest BCUT2D eigenvalue weighted by Crippen LogP contribution is -2.29. The number of methoxy groups -OCH3 is 1. The van der Waals surface area contributed by atoms with Gasteiger partial charge in [0, 0.05) is 14.5 Å². The number of aryl methyl sites for hydroxylation is 1. The van der Waals surface area contributed by atoms with Crippen molar-refractivity contribution in [1.29, 1.82) is 0 Å². The Morgan fingerprint density at radius 3 is 2.43 bits per heavy atom. The molecule has 0 fully saturated rings. The number of halogens is 2. The average molecular weight is 414 g/mol. The third-order valence-electron chi connectivity index (χ3n) is 3.66. The molecule has 0 saturated heterocycles. The summed E-state index contributed by atoms with van der Waals surface area (Å²) in [5, 5.41) is 0. The van der Waals surface area contributed by atoms with Crippen LogP contribution in [0.3, 0.4) is 0 Å². The van der Waals surface area contributed by atoms with Crippen molar-refractivity contribution >= 4 is 31.9 Å². The molecule has 0 aliphatic heterocycles. The molecule has 1 atom stereocenters. The summed E-state index contributed by atoms with van der Waals surface area (Å²) in [6.45, 7) is 4.13. The molecule has 0 radical (unpaired) electrons. The molecule has 2 aromatic rings. The number of nitrogens with one attached hydrogen (secondary N) is 1. The van der Waals surface area contributed by atoms with Crippen LogP contribution in [-0.4, -0.2) is 7.11 Å². The van der Waals surface area contributed by atoms with E-state index >= 15 is 0 Å². The van der Waals surface area contributed by atoms with Gasteiger partial charge in [0.1, 0.15) is 5.75 Å². The highest BCUT2D eigenvalue weighted by Crippen LogP contribution is 2.37. The Morgan fingerprint density at radius 1 is 1.10 bits per heavy atom. The van der Waals surface area contributed by atoms with Crippen molar-refractivity contribution in [2.24, 2.45) is 5.84 Å². The highest BCUT2D eigenvalue weighted by molar-refractivity contribution is 9.11. The molecular formula is C16H18Br2N2O. The average Bonchev–Trinajstić information content (AvgIpc) is 2.47. The topological polar surface area (TPSA) is 47.3 Å². The second-order valence-corrected chi connectivity index (χ2v) is 6.67. The Hall–Kier alpha value is -0.880. The van der Waals surface area contributed by atoms with Gasteiger partial charge in [-0.1, -0.05) is 44.0 Å². The molecule has 0 aliphatic carbocycles. The predicted octanol–water partition coefficient (Wildman–Crippen LogP) is 4.39. The molecule has 0 heterocycles. The number of rotatable bonds is 4. The Balaban J connectivity index is 2.62. The quantitative estimate of drug-likeness (QED) is 0.577. The Morgan fingerprint density at radius 2 is 1.81 bits per heavy atom. The van der Waals surface area contributed by atoms with E-state index in [1.807, 2.05) is 18.2 Å². The van der Waals surface area contributed by atoms with Crippen molar-refractivity contribution in [3.63, 3.8) is 0 Å². The highest BCUT2D eigenvalue weighted by atomic mass is 79.9. The van der Waals surface area contributed by atoms with Gasteiger partial charge in [0.05, 0.1) is 13.2 Å². The van der Waals surface area contributed by atoms with Crippen LogP contribution in [0, 0.1) is 13.8 Å². The number of hydrogen-bond acceptors (Lipinski definition) is 3. The van der Waals surface area contributed by atoms with Crippen LogP contribution in [0.2, 0.25) is 0 Å². The zero-order chi connectivity index (χ0) is 15.6. The molecule has 0 spiro atoms. The van der Waals surface area contributed by atoms with E-state index in [1.165, 1.54) is 5.56 Å². The van der Waals surface area contributed by atoms with Gasteiger partial charge >= 0.3 is 0 Å². The van der Waals surface area contributed by atoms with E-state index in [2.05, 4.69) is 63.3 Å². The van der Waals surface area contributed by atoms with Crippen molar-refractivity contribution in [3.8, 4) is 5.75 Å². The van der Waals surface area contributed by atoms with E-state index in [1.54, 1.807) is 7.11 Å². The first-order valence-corrected chi connectivity index (χ1v) is 8.13. The zero-order valence-corrected chi connectivity index (χ0v) is 15.4. The minimum atomic E-state index is -0.161. The summed E-state index contributed by atoms with van der Waals surface area (Å²) in [7, 11) is 1.69. The fourth-order valence-electron chi connectivity index (χ4n) is 2.39. The first-order valence-electron chi connectivity index (χ1n) is 6.54. The normalized spacial score (nSPS) is 12.3. The molecule has 0 saturated carbocycles. The van der Waals surface area contributed by atoms with Crippen LogP contribution in [0.5, 0.6) is 5.75 Å². The second kappa shape index (κ2) is 6.92. The molecule has 112 valence electrons. The second-order valence-electron chi connectivity index (χ2n) is 4.90. The first kappa shape index (κ1) is 16.5. The summed E-state index contributed by atoms with van der Waals surface area (Å²) in [5.41, 5.74) is 7.28. The predicted molar refractivity (Wildman–Crippen MR) is 93.5 cm³/mol. The van der Waals surface area contributed by atoms with Gasteiger partial charge in [-0.05, 0) is 48.7 Å². The van der Waals surface area contributed by atoms with Gasteiger partial charge in [-0.2, -0.15) is 0 Å². The summed E-state index contributed by atoms with van der Waals surface area (Å²) in [4.78, 5) is 0. The summed E-state index contributed by atoms with van der Waals surface area (Å²) < 4.78 is 7.61. The van der Waals surface area contributed by atoms with Gasteiger partial charge < -0.3 is 4.74 Å². The summed E-state index contributed by atoms with van der Waals surface area (Å²) in [6, 6.07) is 10.0. The van der Waals surface area contributed by atoms with Crippen molar-refractivity contribution in [1.82, 2.24) is 5.43 Å². The summed E-state index contributed by atoms with van der Waals surface area (Å²) in [5.74, 6) is 6.69. The summed E-state index contributed by atoms with van der Waals surface area (Å²) in [6.07, 6.45) is 0. The van der Waals surface area contributed by atoms with E-state index < -0.39 is 0 Å². The molecule has 3 nitrogen and oxygen atoms in total. The molecule has 1 unspecified atom stereocenters. The van der Waals surface area contributed by atoms with E-state index in [4.69, 9.17) is 10.6 Å². The van der Waals surface area contributed by atoms with Gasteiger partial charge in [-0.15, -0.1) is 0 Å². The molecule has 0 aromatic heterocycles. The van der Waals surface area contributed by atoms with Crippen LogP contribution in [0.4, 0.5) is 0 Å². The third-order valence-corrected chi connectivity index (χ3v) is 4.87. The Bertz CT molecular complexity index is 659. The van der Waals surface area contributed by atoms with Crippen LogP contribution < -0.4 is 16.0 Å². The molecular weight excluding hydrogens is 396 g/mol. The van der Waals surface area contributed by atoms with Crippen LogP contribution in [0.25, 0.3) is 0 Å². The van der Waals surface area contributed by atoms with Crippen molar-refractivity contribution in [3.05, 3.63) is 61.5 Å². The van der Waals surface area contributed by atoms with E-state index in [-0.39, 0.29) is 6.04 Å². The molecule has 2 rings (SSSR count). The maximum atomic E-state index is 5.83. The lowest BCUT2D eigenvalue weighted by Gasteiger charge is -2.23. The van der Waals surface area contributed by atoms with E-state index in [0.29, 0.717) is 0 Å². The maximum Gasteiger partial charge on any atom is 0.127 e. The van der Waals surface area contributed by atoms with Gasteiger partial charge in [0.2, 0.25) is 0 Å². The molecule has 0 amide bonds. The first-order chi connectivity index (χ1) is 9.99. The maximum absolute atomic E-state index is 5.83. The lowest BCUT2D eigenvalue weighted by molar-refractivity contribution is 0.400. The molecule has 3 N–H and O–H groups in total. The third kappa shape index (κ3) is 3.31. The van der Waals surface area contributed by atoms with Crippen molar-refractivity contribution in [2.75, 3.05) is 7.11 Å². The minimum absolute atomic E-state index is 0.161. The van der Waals surface area contributed by atoms with Gasteiger partial charge in [0.25, 0.3) is 0 Å². The van der Waals surface area contributed by atoms with Crippen LogP contribution in [-0.2, 0) is 0 Å². The van der Waals surface area contributed by atoms with Crippen LogP contribution in [0.15, 0.2) is 39.3 Å². The number of hydrazine groups is 1. The highest BCUT2D eigenvalue weighted by Gasteiger charge is 2.21. The van der Waals surface area contributed by atoms with Crippen molar-refractivity contribution < 1.29 is 4.74 Å². The zero-order valence-electron chi connectivity index (χ0n) is 12.2. The molecule has 0 aliphatic rings. The smallest absolute Gasteiger partial charge is 0.127 e. The van der Waals surface area contributed by atoms with Gasteiger partial charge in [-0.25, -0.2) is 5.43 Å². The fourth-order valence-corrected chi connectivity index (χ4v) is 3.25. The largest absolute Gasteiger partial charge is 0.496 e. The molecule has 5 heteroatoms. The Labute approximate surface area is 142 Å². The van der Waals surface area contributed by atoms with E-state index in [9.17, 15) is 0 Å². The SMILES string of the molecule is COc1c(C(NN)c2cc(Br)ccc2Br)ccc(C)c1C. The fraction of sp³-hybridized carbons (Fsp3) is 0.250. The summed E-state index contributed by atoms with van der Waals surface area (Å²) >= 11 is 7.10. The minimum Gasteiger partial charge on any atom is -0.496 e. The van der Waals surface area contributed by atoms with E-state index in [0.717, 1.165) is 31.4 Å². The van der Waals surface area contributed by atoms with Gasteiger partial charge in [-0.3, -0.25) is 5.84 Å². The van der Waals surface area contributed by atoms with Gasteiger partial charge in [0.15, 0.2) is 0 Å². The number of nitrogens with two attached hydrogens (primary N) is 1. The van der Waals surface area contributed by atoms with Crippen LogP contribution >= 0.6 is 31.9 Å². The molecule has 0 bridgehead atoms.